The van der Waals surface area contributed by atoms with E-state index in [2.05, 4.69) is 17.0 Å². The summed E-state index contributed by atoms with van der Waals surface area (Å²) in [5.41, 5.74) is 2.70. The van der Waals surface area contributed by atoms with Crippen LogP contribution in [0.4, 0.5) is 0 Å². The van der Waals surface area contributed by atoms with E-state index < -0.39 is 0 Å². The lowest BCUT2D eigenvalue weighted by Crippen LogP contribution is -2.13. The quantitative estimate of drug-likeness (QED) is 0.750. The van der Waals surface area contributed by atoms with Crippen LogP contribution < -0.4 is 10.3 Å². The van der Waals surface area contributed by atoms with Crippen molar-refractivity contribution in [2.75, 3.05) is 6.61 Å². The van der Waals surface area contributed by atoms with Crippen LogP contribution >= 0.6 is 0 Å². The first-order chi connectivity index (χ1) is 12.2. The largest absolute Gasteiger partial charge is 0.493 e. The summed E-state index contributed by atoms with van der Waals surface area (Å²) < 4.78 is 7.58. The molecular formula is C19H22N4O2. The number of para-hydroxylation sites is 1. The van der Waals surface area contributed by atoms with Crippen molar-refractivity contribution in [3.63, 3.8) is 0 Å². The third kappa shape index (κ3) is 3.04. The molecule has 0 amide bonds. The molecule has 2 aromatic heterocycles. The summed E-state index contributed by atoms with van der Waals surface area (Å²) in [4.78, 5) is 20.2. The van der Waals surface area contributed by atoms with Gasteiger partial charge in [0.05, 0.1) is 17.9 Å². The van der Waals surface area contributed by atoms with E-state index in [4.69, 9.17) is 9.72 Å². The lowest BCUT2D eigenvalue weighted by atomic mass is 10.1. The predicted molar refractivity (Wildman–Crippen MR) is 96.8 cm³/mol. The summed E-state index contributed by atoms with van der Waals surface area (Å²) >= 11 is 0. The topological polar surface area (TPSA) is 72.8 Å². The molecular weight excluding hydrogens is 316 g/mol. The number of fused-ring (bicyclic) bond motifs is 1. The van der Waals surface area contributed by atoms with Crippen LogP contribution in [0.3, 0.4) is 0 Å². The zero-order valence-electron chi connectivity index (χ0n) is 14.6. The second kappa shape index (κ2) is 6.35. The van der Waals surface area contributed by atoms with Gasteiger partial charge in [-0.1, -0.05) is 25.5 Å². The van der Waals surface area contributed by atoms with Gasteiger partial charge in [-0.05, 0) is 37.3 Å². The Morgan fingerprint density at radius 2 is 2.12 bits per heavy atom. The van der Waals surface area contributed by atoms with Crippen molar-refractivity contribution < 1.29 is 4.74 Å². The van der Waals surface area contributed by atoms with Gasteiger partial charge in [0.25, 0.3) is 5.56 Å². The Kier molecular flexibility index (Phi) is 4.03. The van der Waals surface area contributed by atoms with Crippen LogP contribution in [0.25, 0.3) is 22.4 Å². The number of aromatic amines is 1. The second-order valence-electron chi connectivity index (χ2n) is 6.68. The van der Waals surface area contributed by atoms with Gasteiger partial charge in [-0.3, -0.25) is 9.48 Å². The molecule has 4 rings (SSSR count). The molecule has 1 N–H and O–H groups in total. The molecule has 0 atom stereocenters. The SMILES string of the molecule is CCCc1nn(C)c2c(=O)[nH]c(-c3ccccc3OCC3CC3)nc12. The summed E-state index contributed by atoms with van der Waals surface area (Å²) in [6.45, 7) is 2.81. The van der Waals surface area contributed by atoms with E-state index in [0.29, 0.717) is 22.8 Å². The number of hydrogen-bond acceptors (Lipinski definition) is 4. The third-order valence-electron chi connectivity index (χ3n) is 4.56. The zero-order chi connectivity index (χ0) is 17.4. The molecule has 0 aliphatic heterocycles. The van der Waals surface area contributed by atoms with Crippen molar-refractivity contribution in [1.82, 2.24) is 19.7 Å². The number of H-pyrrole nitrogens is 1. The number of nitrogens with one attached hydrogen (secondary N) is 1. The van der Waals surface area contributed by atoms with E-state index in [9.17, 15) is 4.79 Å². The van der Waals surface area contributed by atoms with Crippen LogP contribution in [0.1, 0.15) is 31.9 Å². The first-order valence-electron chi connectivity index (χ1n) is 8.85. The predicted octanol–water partition coefficient (Wildman–Crippen LogP) is 3.06. The van der Waals surface area contributed by atoms with E-state index in [0.717, 1.165) is 36.5 Å². The standard InChI is InChI=1S/C19H22N4O2/c1-3-6-14-16-17(23(2)22-14)19(24)21-18(20-16)13-7-4-5-8-15(13)25-11-12-9-10-12/h4-5,7-8,12H,3,6,9-11H2,1-2H3,(H,20,21,24). The fourth-order valence-corrected chi connectivity index (χ4v) is 3.06. The fraction of sp³-hybridized carbons (Fsp3) is 0.421. The Hall–Kier alpha value is -2.63. The second-order valence-corrected chi connectivity index (χ2v) is 6.68. The first-order valence-corrected chi connectivity index (χ1v) is 8.85. The van der Waals surface area contributed by atoms with E-state index in [1.807, 2.05) is 24.3 Å². The van der Waals surface area contributed by atoms with E-state index in [1.165, 1.54) is 12.8 Å². The van der Waals surface area contributed by atoms with Gasteiger partial charge in [-0.25, -0.2) is 4.98 Å². The van der Waals surface area contributed by atoms with Gasteiger partial charge in [0.1, 0.15) is 17.1 Å². The number of benzene rings is 1. The van der Waals surface area contributed by atoms with Gasteiger partial charge in [-0.15, -0.1) is 0 Å². The highest BCUT2D eigenvalue weighted by Crippen LogP contribution is 2.32. The summed E-state index contributed by atoms with van der Waals surface area (Å²) in [5, 5.41) is 4.47. The summed E-state index contributed by atoms with van der Waals surface area (Å²) in [5.74, 6) is 1.96. The summed E-state index contributed by atoms with van der Waals surface area (Å²) in [6, 6.07) is 7.73. The van der Waals surface area contributed by atoms with Crippen molar-refractivity contribution in [3.8, 4) is 17.1 Å². The van der Waals surface area contributed by atoms with E-state index >= 15 is 0 Å². The maximum absolute atomic E-state index is 12.6. The van der Waals surface area contributed by atoms with Crippen molar-refractivity contribution in [2.45, 2.75) is 32.6 Å². The third-order valence-corrected chi connectivity index (χ3v) is 4.56. The van der Waals surface area contributed by atoms with Gasteiger partial charge >= 0.3 is 0 Å². The summed E-state index contributed by atoms with van der Waals surface area (Å²) in [7, 11) is 1.78. The highest BCUT2D eigenvalue weighted by molar-refractivity contribution is 5.79. The molecule has 0 radical (unpaired) electrons. The minimum Gasteiger partial charge on any atom is -0.493 e. The van der Waals surface area contributed by atoms with Crippen LogP contribution in [0, 0.1) is 5.92 Å². The molecule has 130 valence electrons. The van der Waals surface area contributed by atoms with Crippen LogP contribution in [0.15, 0.2) is 29.1 Å². The van der Waals surface area contributed by atoms with E-state index in [1.54, 1.807) is 11.7 Å². The highest BCUT2D eigenvalue weighted by Gasteiger charge is 2.23. The number of nitrogens with zero attached hydrogens (tertiary/aromatic N) is 3. The minimum atomic E-state index is -0.172. The molecule has 1 saturated carbocycles. The molecule has 6 nitrogen and oxygen atoms in total. The van der Waals surface area contributed by atoms with Gasteiger partial charge in [-0.2, -0.15) is 5.10 Å². The van der Waals surface area contributed by atoms with Crippen LogP contribution in [0.5, 0.6) is 5.75 Å². The van der Waals surface area contributed by atoms with Crippen LogP contribution in [0.2, 0.25) is 0 Å². The Balaban J connectivity index is 1.81. The number of ether oxygens (including phenoxy) is 1. The molecule has 0 unspecified atom stereocenters. The van der Waals surface area contributed by atoms with Gasteiger partial charge in [0, 0.05) is 7.05 Å². The summed E-state index contributed by atoms with van der Waals surface area (Å²) in [6.07, 6.45) is 4.22. The first kappa shape index (κ1) is 15.9. The molecule has 2 heterocycles. The number of aromatic nitrogens is 4. The average molecular weight is 338 g/mol. The van der Waals surface area contributed by atoms with Crippen LogP contribution in [-0.2, 0) is 13.5 Å². The molecule has 0 bridgehead atoms. The molecule has 1 fully saturated rings. The van der Waals surface area contributed by atoms with Gasteiger partial charge in [0.2, 0.25) is 0 Å². The van der Waals surface area contributed by atoms with Crippen molar-refractivity contribution in [3.05, 3.63) is 40.3 Å². The maximum Gasteiger partial charge on any atom is 0.277 e. The lowest BCUT2D eigenvalue weighted by Gasteiger charge is -2.10. The molecule has 1 aliphatic rings. The molecule has 6 heteroatoms. The van der Waals surface area contributed by atoms with E-state index in [-0.39, 0.29) is 5.56 Å². The molecule has 0 saturated heterocycles. The molecule has 1 aliphatic carbocycles. The Bertz CT molecular complexity index is 969. The fourth-order valence-electron chi connectivity index (χ4n) is 3.06. The molecule has 1 aromatic carbocycles. The Morgan fingerprint density at radius 3 is 2.88 bits per heavy atom. The molecule has 25 heavy (non-hydrogen) atoms. The zero-order valence-corrected chi connectivity index (χ0v) is 14.6. The minimum absolute atomic E-state index is 0.172. The smallest absolute Gasteiger partial charge is 0.277 e. The van der Waals surface area contributed by atoms with Gasteiger partial charge < -0.3 is 9.72 Å². The number of rotatable bonds is 6. The normalized spacial score (nSPS) is 14.2. The Labute approximate surface area is 145 Å². The number of aryl methyl sites for hydroxylation is 2. The molecule has 3 aromatic rings. The lowest BCUT2D eigenvalue weighted by molar-refractivity contribution is 0.301. The monoisotopic (exact) mass is 338 g/mol. The van der Waals surface area contributed by atoms with Crippen molar-refractivity contribution in [1.29, 1.82) is 0 Å². The van der Waals surface area contributed by atoms with Crippen molar-refractivity contribution >= 4 is 11.0 Å². The maximum atomic E-state index is 12.6. The molecule has 0 spiro atoms. The van der Waals surface area contributed by atoms with Crippen molar-refractivity contribution in [2.24, 2.45) is 13.0 Å². The number of hydrogen-bond donors (Lipinski definition) is 1. The van der Waals surface area contributed by atoms with Crippen LogP contribution in [-0.4, -0.2) is 26.4 Å². The highest BCUT2D eigenvalue weighted by atomic mass is 16.5. The van der Waals surface area contributed by atoms with Gasteiger partial charge in [0.15, 0.2) is 5.52 Å². The average Bonchev–Trinajstić information content (AvgIpc) is 3.38. The Morgan fingerprint density at radius 1 is 1.32 bits per heavy atom.